The number of aryl methyl sites for hydroxylation is 1. The highest BCUT2D eigenvalue weighted by molar-refractivity contribution is 9.10. The number of phenolic OH excluding ortho intramolecular Hbond substituents is 1. The Kier molecular flexibility index (Phi) is 5.05. The molecule has 22 heavy (non-hydrogen) atoms. The van der Waals surface area contributed by atoms with E-state index < -0.39 is 11.8 Å². The van der Waals surface area contributed by atoms with Crippen LogP contribution in [0, 0.1) is 6.92 Å². The maximum Gasteiger partial charge on any atom is 0.273 e. The van der Waals surface area contributed by atoms with Crippen LogP contribution in [0.4, 0.5) is 0 Å². The van der Waals surface area contributed by atoms with Gasteiger partial charge >= 0.3 is 0 Å². The molecule has 2 amide bonds. The first-order valence-electron chi connectivity index (χ1n) is 6.24. The molecule has 0 aliphatic rings. The van der Waals surface area contributed by atoms with Crippen LogP contribution in [0.5, 0.6) is 5.75 Å². The Morgan fingerprint density at radius 2 is 1.68 bits per heavy atom. The maximum absolute atomic E-state index is 12.1. The molecule has 0 bridgehead atoms. The van der Waals surface area contributed by atoms with Crippen LogP contribution in [-0.2, 0) is 0 Å². The second-order valence-electron chi connectivity index (χ2n) is 4.53. The molecule has 0 fully saturated rings. The average Bonchev–Trinajstić information content (AvgIpc) is 2.48. The molecule has 0 aliphatic heterocycles. The molecule has 0 atom stereocenters. The summed E-state index contributed by atoms with van der Waals surface area (Å²) in [6.07, 6.45) is 0. The number of hydrogen-bond donors (Lipinski definition) is 3. The molecular formula is C15H12BrClN2O3. The van der Waals surface area contributed by atoms with E-state index in [1.807, 2.05) is 0 Å². The molecule has 0 saturated heterocycles. The Balaban J connectivity index is 2.11. The van der Waals surface area contributed by atoms with Crippen molar-refractivity contribution in [2.75, 3.05) is 0 Å². The van der Waals surface area contributed by atoms with E-state index in [0.717, 1.165) is 5.56 Å². The van der Waals surface area contributed by atoms with Gasteiger partial charge in [-0.1, -0.05) is 23.7 Å². The minimum Gasteiger partial charge on any atom is -0.506 e. The fourth-order valence-electron chi connectivity index (χ4n) is 1.80. The van der Waals surface area contributed by atoms with Gasteiger partial charge in [-0.05, 0) is 52.7 Å². The van der Waals surface area contributed by atoms with E-state index in [0.29, 0.717) is 4.47 Å². The first-order chi connectivity index (χ1) is 10.4. The molecule has 2 aromatic rings. The van der Waals surface area contributed by atoms with Crippen molar-refractivity contribution in [1.29, 1.82) is 0 Å². The predicted molar refractivity (Wildman–Crippen MR) is 86.9 cm³/mol. The largest absolute Gasteiger partial charge is 0.506 e. The van der Waals surface area contributed by atoms with Gasteiger partial charge < -0.3 is 5.11 Å². The maximum atomic E-state index is 12.1. The van der Waals surface area contributed by atoms with Gasteiger partial charge in [-0.3, -0.25) is 20.4 Å². The second kappa shape index (κ2) is 6.81. The topological polar surface area (TPSA) is 78.4 Å². The Labute approximate surface area is 140 Å². The van der Waals surface area contributed by atoms with Crippen LogP contribution in [0.1, 0.15) is 26.3 Å². The molecule has 2 rings (SSSR count). The summed E-state index contributed by atoms with van der Waals surface area (Å²) in [6, 6.07) is 9.64. The van der Waals surface area contributed by atoms with Crippen molar-refractivity contribution in [3.8, 4) is 5.75 Å². The summed E-state index contributed by atoms with van der Waals surface area (Å²) in [7, 11) is 0. The zero-order valence-electron chi connectivity index (χ0n) is 11.5. The molecule has 3 N–H and O–H groups in total. The standard InChI is InChI=1S/C15H12BrClN2O3/c1-8-6-10(13(20)11(16)7-8)15(22)19-18-14(21)9-4-2-3-5-12(9)17/h2-7,20H,1H3,(H,18,21)(H,19,22). The summed E-state index contributed by atoms with van der Waals surface area (Å²) in [5.41, 5.74) is 5.56. The predicted octanol–water partition coefficient (Wildman–Crippen LogP) is 3.19. The van der Waals surface area contributed by atoms with Crippen molar-refractivity contribution in [2.45, 2.75) is 6.92 Å². The van der Waals surface area contributed by atoms with Crippen molar-refractivity contribution in [2.24, 2.45) is 0 Å². The number of nitrogens with one attached hydrogen (secondary N) is 2. The number of carbonyl (C=O) groups excluding carboxylic acids is 2. The molecular weight excluding hydrogens is 372 g/mol. The molecule has 5 nitrogen and oxygen atoms in total. The summed E-state index contributed by atoms with van der Waals surface area (Å²) in [5.74, 6) is -1.39. The van der Waals surface area contributed by atoms with Crippen LogP contribution in [0.15, 0.2) is 40.9 Å². The summed E-state index contributed by atoms with van der Waals surface area (Å²) in [5, 5.41) is 10.2. The minimum absolute atomic E-state index is 0.0475. The quantitative estimate of drug-likeness (QED) is 0.697. The molecule has 7 heteroatoms. The van der Waals surface area contributed by atoms with Crippen LogP contribution in [-0.4, -0.2) is 16.9 Å². The van der Waals surface area contributed by atoms with Gasteiger partial charge in [0.1, 0.15) is 5.75 Å². The fraction of sp³-hybridized carbons (Fsp3) is 0.0667. The summed E-state index contributed by atoms with van der Waals surface area (Å²) in [6.45, 7) is 1.78. The fourth-order valence-corrected chi connectivity index (χ4v) is 2.60. The number of halogens is 2. The Morgan fingerprint density at radius 1 is 1.09 bits per heavy atom. The molecule has 2 aromatic carbocycles. The van der Waals surface area contributed by atoms with E-state index in [-0.39, 0.29) is 21.9 Å². The number of aromatic hydroxyl groups is 1. The Morgan fingerprint density at radius 3 is 2.32 bits per heavy atom. The summed E-state index contributed by atoms with van der Waals surface area (Å²) < 4.78 is 0.398. The first kappa shape index (κ1) is 16.3. The van der Waals surface area contributed by atoms with Crippen molar-refractivity contribution in [1.82, 2.24) is 10.9 Å². The van der Waals surface area contributed by atoms with Crippen molar-refractivity contribution in [3.05, 3.63) is 62.6 Å². The lowest BCUT2D eigenvalue weighted by Crippen LogP contribution is -2.41. The minimum atomic E-state index is -0.637. The number of hydrogen-bond acceptors (Lipinski definition) is 3. The van der Waals surface area contributed by atoms with Crippen LogP contribution < -0.4 is 10.9 Å². The van der Waals surface area contributed by atoms with Gasteiger partial charge in [0.15, 0.2) is 0 Å². The van der Waals surface area contributed by atoms with E-state index in [1.54, 1.807) is 31.2 Å². The molecule has 114 valence electrons. The first-order valence-corrected chi connectivity index (χ1v) is 7.41. The summed E-state index contributed by atoms with van der Waals surface area (Å²) in [4.78, 5) is 24.0. The number of benzene rings is 2. The van der Waals surface area contributed by atoms with Gasteiger partial charge in [0.2, 0.25) is 0 Å². The molecule has 0 unspecified atom stereocenters. The summed E-state index contributed by atoms with van der Waals surface area (Å²) >= 11 is 9.06. The molecule has 0 saturated carbocycles. The van der Waals surface area contributed by atoms with Gasteiger partial charge in [-0.25, -0.2) is 0 Å². The van der Waals surface area contributed by atoms with Crippen LogP contribution in [0.2, 0.25) is 5.02 Å². The highest BCUT2D eigenvalue weighted by Gasteiger charge is 2.16. The lowest BCUT2D eigenvalue weighted by Gasteiger charge is -2.10. The normalized spacial score (nSPS) is 10.1. The van der Waals surface area contributed by atoms with Crippen molar-refractivity contribution < 1.29 is 14.7 Å². The lowest BCUT2D eigenvalue weighted by molar-refractivity contribution is 0.0845. The molecule has 0 spiro atoms. The van der Waals surface area contributed by atoms with Gasteiger partial charge in [0.25, 0.3) is 11.8 Å². The van der Waals surface area contributed by atoms with E-state index in [9.17, 15) is 14.7 Å². The van der Waals surface area contributed by atoms with Crippen molar-refractivity contribution in [3.63, 3.8) is 0 Å². The monoisotopic (exact) mass is 382 g/mol. The highest BCUT2D eigenvalue weighted by atomic mass is 79.9. The van der Waals surface area contributed by atoms with Crippen LogP contribution >= 0.6 is 27.5 Å². The SMILES string of the molecule is Cc1cc(Br)c(O)c(C(=O)NNC(=O)c2ccccc2Cl)c1. The van der Waals surface area contributed by atoms with Crippen LogP contribution in [0.3, 0.4) is 0 Å². The lowest BCUT2D eigenvalue weighted by atomic mass is 10.1. The van der Waals surface area contributed by atoms with Gasteiger partial charge in [-0.2, -0.15) is 0 Å². The van der Waals surface area contributed by atoms with Gasteiger partial charge in [0.05, 0.1) is 20.6 Å². The zero-order chi connectivity index (χ0) is 16.3. The van der Waals surface area contributed by atoms with Gasteiger partial charge in [0, 0.05) is 0 Å². The van der Waals surface area contributed by atoms with E-state index in [4.69, 9.17) is 11.6 Å². The number of amides is 2. The highest BCUT2D eigenvalue weighted by Crippen LogP contribution is 2.29. The van der Waals surface area contributed by atoms with Gasteiger partial charge in [-0.15, -0.1) is 0 Å². The third-order valence-electron chi connectivity index (χ3n) is 2.86. The van der Waals surface area contributed by atoms with E-state index in [1.165, 1.54) is 12.1 Å². The molecule has 0 radical (unpaired) electrons. The smallest absolute Gasteiger partial charge is 0.273 e. The number of rotatable bonds is 2. The van der Waals surface area contributed by atoms with Crippen LogP contribution in [0.25, 0.3) is 0 Å². The Hall–Kier alpha value is -2.05. The number of hydrazine groups is 1. The third kappa shape index (κ3) is 3.58. The molecule has 0 heterocycles. The van der Waals surface area contributed by atoms with E-state index in [2.05, 4.69) is 26.8 Å². The number of carbonyl (C=O) groups is 2. The third-order valence-corrected chi connectivity index (χ3v) is 3.79. The average molecular weight is 384 g/mol. The van der Waals surface area contributed by atoms with Crippen molar-refractivity contribution >= 4 is 39.3 Å². The number of phenols is 1. The molecule has 0 aliphatic carbocycles. The zero-order valence-corrected chi connectivity index (χ0v) is 13.8. The second-order valence-corrected chi connectivity index (χ2v) is 5.79. The van der Waals surface area contributed by atoms with E-state index >= 15 is 0 Å². The molecule has 0 aromatic heterocycles. The Bertz CT molecular complexity index is 750.